The van der Waals surface area contributed by atoms with Crippen LogP contribution in [-0.4, -0.2) is 64.2 Å². The van der Waals surface area contributed by atoms with Crippen LogP contribution in [0.4, 0.5) is 9.52 Å². The van der Waals surface area contributed by atoms with Crippen LogP contribution in [-0.2, 0) is 21.4 Å². The number of sulfonamides is 1. The highest BCUT2D eigenvalue weighted by molar-refractivity contribution is 7.91. The molecule has 0 spiro atoms. The minimum Gasteiger partial charge on any atom is -0.326 e. The maximum Gasteiger partial charge on any atom is 0.254 e. The molecule has 35 heavy (non-hydrogen) atoms. The summed E-state index contributed by atoms with van der Waals surface area (Å²) in [6.07, 6.45) is 4.86. The Hall–Kier alpha value is -2.67. The average molecular weight is 523 g/mol. The average Bonchev–Trinajstić information content (AvgIpc) is 3.50. The summed E-state index contributed by atoms with van der Waals surface area (Å²) < 4.78 is 42.8. The zero-order chi connectivity index (χ0) is 25.6. The van der Waals surface area contributed by atoms with Gasteiger partial charge >= 0.3 is 0 Å². The summed E-state index contributed by atoms with van der Waals surface area (Å²) in [5.41, 5.74) is 1.99. The summed E-state index contributed by atoms with van der Waals surface area (Å²) in [4.78, 5) is 21.6. The van der Waals surface area contributed by atoms with Crippen molar-refractivity contribution in [3.63, 3.8) is 0 Å². The summed E-state index contributed by atoms with van der Waals surface area (Å²) in [7, 11) is -3.66. The lowest BCUT2D eigenvalue weighted by Gasteiger charge is -2.33. The Labute approximate surface area is 209 Å². The molecule has 3 aromatic rings. The number of carbonyl (C=O) groups excluding carboxylic acids is 1. The number of benzene rings is 1. The van der Waals surface area contributed by atoms with Crippen molar-refractivity contribution in [1.29, 1.82) is 0 Å². The molecule has 0 radical (unpaired) electrons. The van der Waals surface area contributed by atoms with E-state index in [0.29, 0.717) is 32.7 Å². The van der Waals surface area contributed by atoms with Crippen LogP contribution in [0.5, 0.6) is 0 Å². The van der Waals surface area contributed by atoms with Crippen molar-refractivity contribution in [2.45, 2.75) is 44.5 Å². The van der Waals surface area contributed by atoms with Crippen molar-refractivity contribution in [3.05, 3.63) is 60.1 Å². The molecule has 0 aliphatic carbocycles. The Bertz CT molecular complexity index is 1220. The molecule has 1 amide bonds. The van der Waals surface area contributed by atoms with Crippen molar-refractivity contribution in [2.24, 2.45) is 0 Å². The number of thiazole rings is 1. The lowest BCUT2D eigenvalue weighted by molar-refractivity contribution is -0.114. The number of nitrogens with one attached hydrogen (secondary N) is 1. The van der Waals surface area contributed by atoms with Crippen molar-refractivity contribution in [2.75, 3.05) is 31.5 Å². The van der Waals surface area contributed by atoms with Gasteiger partial charge in [-0.25, -0.2) is 22.8 Å². The van der Waals surface area contributed by atoms with E-state index in [4.69, 9.17) is 0 Å². The molecule has 3 heterocycles. The maximum absolute atomic E-state index is 13.3. The predicted octanol–water partition coefficient (Wildman–Crippen LogP) is 3.58. The molecule has 1 unspecified atom stereocenters. The van der Waals surface area contributed by atoms with Gasteiger partial charge in [0.2, 0.25) is 5.91 Å². The Morgan fingerprint density at radius 1 is 1.14 bits per heavy atom. The SMILES string of the molecule is CC.CC(=O)Nc1ncc(S(=O)(=O)N2CCN(Cc3cncn3C(C)c3ccc(F)cc3)CC2)s1. The normalized spacial score (nSPS) is 15.8. The summed E-state index contributed by atoms with van der Waals surface area (Å²) in [5, 5.41) is 2.78. The van der Waals surface area contributed by atoms with Crippen LogP contribution in [0.15, 0.2) is 47.2 Å². The molecule has 9 nitrogen and oxygen atoms in total. The number of rotatable bonds is 7. The van der Waals surface area contributed by atoms with Gasteiger partial charge in [0, 0.05) is 45.8 Å². The monoisotopic (exact) mass is 522 g/mol. The first-order valence-electron chi connectivity index (χ1n) is 11.5. The standard InChI is InChI=1S/C21H25FN6O3S2.C2H6/c1-15(17-3-5-18(22)6-4-17)28-14-23-11-19(28)13-26-7-9-27(10-8-26)33(30,31)20-12-24-21(32-20)25-16(2)29;1-2/h3-6,11-12,14-15H,7-10,13H2,1-2H3,(H,24,25,29);1-2H3. The molecule has 2 aromatic heterocycles. The quantitative estimate of drug-likeness (QED) is 0.509. The largest absolute Gasteiger partial charge is 0.326 e. The Balaban J connectivity index is 0.00000167. The number of anilines is 1. The number of imidazole rings is 1. The Kier molecular flexibility index (Phi) is 9.11. The molecule has 0 bridgehead atoms. The molecule has 4 rings (SSSR count). The van der Waals surface area contributed by atoms with E-state index < -0.39 is 10.0 Å². The number of piperazine rings is 1. The third-order valence-electron chi connectivity index (χ3n) is 5.59. The van der Waals surface area contributed by atoms with Gasteiger partial charge in [-0.1, -0.05) is 37.3 Å². The van der Waals surface area contributed by atoms with Crippen LogP contribution in [0, 0.1) is 5.82 Å². The summed E-state index contributed by atoms with van der Waals surface area (Å²) in [5.74, 6) is -0.566. The fourth-order valence-corrected chi connectivity index (χ4v) is 6.43. The molecular weight excluding hydrogens is 491 g/mol. The topological polar surface area (TPSA) is 100 Å². The molecular formula is C23H31FN6O3S2. The van der Waals surface area contributed by atoms with Gasteiger partial charge in [-0.2, -0.15) is 4.31 Å². The molecule has 12 heteroatoms. The predicted molar refractivity (Wildman–Crippen MR) is 134 cm³/mol. The zero-order valence-corrected chi connectivity index (χ0v) is 21.9. The molecule has 1 aliphatic heterocycles. The van der Waals surface area contributed by atoms with Crippen LogP contribution in [0.2, 0.25) is 0 Å². The summed E-state index contributed by atoms with van der Waals surface area (Å²) in [6, 6.07) is 6.43. The van der Waals surface area contributed by atoms with E-state index in [1.165, 1.54) is 29.6 Å². The van der Waals surface area contributed by atoms with E-state index in [9.17, 15) is 17.6 Å². The Morgan fingerprint density at radius 2 is 1.80 bits per heavy atom. The molecule has 190 valence electrons. The van der Waals surface area contributed by atoms with E-state index in [0.717, 1.165) is 22.6 Å². The number of hydrogen-bond acceptors (Lipinski definition) is 7. The molecule has 1 N–H and O–H groups in total. The molecule has 1 fully saturated rings. The number of amides is 1. The fourth-order valence-electron chi connectivity index (χ4n) is 3.78. The minimum absolute atomic E-state index is 0.00565. The highest BCUT2D eigenvalue weighted by Crippen LogP contribution is 2.27. The summed E-state index contributed by atoms with van der Waals surface area (Å²) >= 11 is 0.949. The lowest BCUT2D eigenvalue weighted by Crippen LogP contribution is -2.48. The number of nitrogens with zero attached hydrogens (tertiary/aromatic N) is 5. The second kappa shape index (κ2) is 11.8. The van der Waals surface area contributed by atoms with Gasteiger partial charge in [-0.3, -0.25) is 9.69 Å². The van der Waals surface area contributed by atoms with Gasteiger partial charge < -0.3 is 9.88 Å². The van der Waals surface area contributed by atoms with E-state index in [1.807, 2.05) is 27.0 Å². The van der Waals surface area contributed by atoms with Gasteiger partial charge in [0.25, 0.3) is 10.0 Å². The smallest absolute Gasteiger partial charge is 0.254 e. The van der Waals surface area contributed by atoms with E-state index in [-0.39, 0.29) is 27.1 Å². The third kappa shape index (κ3) is 6.51. The first-order valence-corrected chi connectivity index (χ1v) is 13.7. The molecule has 1 atom stereocenters. The highest BCUT2D eigenvalue weighted by atomic mass is 32.2. The number of halogens is 1. The van der Waals surface area contributed by atoms with Gasteiger partial charge in [0.15, 0.2) is 9.34 Å². The molecule has 1 aliphatic rings. The van der Waals surface area contributed by atoms with E-state index in [2.05, 4.69) is 24.8 Å². The van der Waals surface area contributed by atoms with Gasteiger partial charge in [-0.15, -0.1) is 0 Å². The van der Waals surface area contributed by atoms with Crippen LogP contribution in [0.3, 0.4) is 0 Å². The van der Waals surface area contributed by atoms with Gasteiger partial charge in [-0.05, 0) is 24.6 Å². The highest BCUT2D eigenvalue weighted by Gasteiger charge is 2.30. The lowest BCUT2D eigenvalue weighted by atomic mass is 10.1. The first kappa shape index (κ1) is 26.9. The van der Waals surface area contributed by atoms with Gasteiger partial charge in [0.05, 0.1) is 24.3 Å². The number of aromatic nitrogens is 3. The summed E-state index contributed by atoms with van der Waals surface area (Å²) in [6.45, 7) is 9.88. The van der Waals surface area contributed by atoms with Crippen LogP contribution < -0.4 is 5.32 Å². The van der Waals surface area contributed by atoms with Crippen LogP contribution >= 0.6 is 11.3 Å². The first-order chi connectivity index (χ1) is 16.7. The maximum atomic E-state index is 13.3. The van der Waals surface area contributed by atoms with Crippen molar-refractivity contribution in [3.8, 4) is 0 Å². The molecule has 1 aromatic carbocycles. The van der Waals surface area contributed by atoms with Crippen molar-refractivity contribution in [1.82, 2.24) is 23.7 Å². The fraction of sp³-hybridized carbons (Fsp3) is 0.435. The second-order valence-electron chi connectivity index (χ2n) is 7.87. The van der Waals surface area contributed by atoms with Crippen LogP contribution in [0.1, 0.15) is 45.0 Å². The van der Waals surface area contributed by atoms with E-state index >= 15 is 0 Å². The zero-order valence-electron chi connectivity index (χ0n) is 20.3. The van der Waals surface area contributed by atoms with Crippen molar-refractivity contribution < 1.29 is 17.6 Å². The van der Waals surface area contributed by atoms with Crippen LogP contribution in [0.25, 0.3) is 0 Å². The third-order valence-corrected chi connectivity index (χ3v) is 8.84. The number of hydrogen-bond donors (Lipinski definition) is 1. The minimum atomic E-state index is -3.66. The molecule has 0 saturated carbocycles. The van der Waals surface area contributed by atoms with Gasteiger partial charge in [0.1, 0.15) is 5.82 Å². The van der Waals surface area contributed by atoms with Crippen molar-refractivity contribution >= 4 is 32.4 Å². The molecule has 1 saturated heterocycles. The second-order valence-corrected chi connectivity index (χ2v) is 11.1. The van der Waals surface area contributed by atoms with E-state index in [1.54, 1.807) is 18.5 Å². The Morgan fingerprint density at radius 3 is 2.43 bits per heavy atom. The number of carbonyl (C=O) groups is 1.